The third-order valence-electron chi connectivity index (χ3n) is 5.30. The molecule has 1 aromatic rings. The monoisotopic (exact) mass is 451 g/mol. The molecule has 12 nitrogen and oxygen atoms in total. The number of amides is 2. The van der Waals surface area contributed by atoms with E-state index in [1.165, 1.54) is 0 Å². The Morgan fingerprint density at radius 3 is 2.50 bits per heavy atom. The second kappa shape index (κ2) is 13.6. The van der Waals surface area contributed by atoms with Crippen LogP contribution in [-0.2, 0) is 9.59 Å². The summed E-state index contributed by atoms with van der Waals surface area (Å²) < 4.78 is 0. The molecule has 1 atom stereocenters. The van der Waals surface area contributed by atoms with Crippen molar-refractivity contribution in [2.75, 3.05) is 62.0 Å². The van der Waals surface area contributed by atoms with Gasteiger partial charge in [0.2, 0.25) is 30.2 Å². The van der Waals surface area contributed by atoms with Gasteiger partial charge in [0.1, 0.15) is 0 Å². The molecule has 1 fully saturated rings. The molecule has 12 heteroatoms. The van der Waals surface area contributed by atoms with Crippen molar-refractivity contribution >= 4 is 30.2 Å². The van der Waals surface area contributed by atoms with Gasteiger partial charge in [-0.2, -0.15) is 15.0 Å². The summed E-state index contributed by atoms with van der Waals surface area (Å²) >= 11 is 0. The maximum absolute atomic E-state index is 12.7. The van der Waals surface area contributed by atoms with Gasteiger partial charge in [-0.25, -0.2) is 5.06 Å². The summed E-state index contributed by atoms with van der Waals surface area (Å²) in [5.74, 6) is 0.317. The Hall–Kier alpha value is -2.73. The van der Waals surface area contributed by atoms with Gasteiger partial charge in [-0.05, 0) is 19.9 Å². The minimum absolute atomic E-state index is 0.0756. The maximum atomic E-state index is 12.7. The van der Waals surface area contributed by atoms with Crippen LogP contribution in [0.2, 0.25) is 0 Å². The lowest BCUT2D eigenvalue weighted by atomic mass is 10.0. The molecule has 32 heavy (non-hydrogen) atoms. The minimum Gasteiger partial charge on any atom is -0.354 e. The van der Waals surface area contributed by atoms with Crippen molar-refractivity contribution in [2.45, 2.75) is 46.0 Å². The normalized spacial score (nSPS) is 15.2. The first kappa shape index (κ1) is 25.5. The minimum atomic E-state index is -0.555. The number of carbonyl (C=O) groups excluding carboxylic acids is 2. The summed E-state index contributed by atoms with van der Waals surface area (Å²) in [4.78, 5) is 41.2. The van der Waals surface area contributed by atoms with E-state index in [2.05, 4.69) is 61.8 Å². The molecule has 0 saturated carbocycles. The first-order valence-corrected chi connectivity index (χ1v) is 11.4. The fraction of sp³-hybridized carbons (Fsp3) is 0.750. The van der Waals surface area contributed by atoms with Crippen LogP contribution in [-0.4, -0.2) is 88.8 Å². The number of carbonyl (C=O) groups is 2. The highest BCUT2D eigenvalue weighted by molar-refractivity contribution is 5.80. The summed E-state index contributed by atoms with van der Waals surface area (Å²) in [7, 11) is 2.08. The van der Waals surface area contributed by atoms with Crippen LogP contribution in [0.5, 0.6) is 0 Å². The quantitative estimate of drug-likeness (QED) is 0.140. The molecule has 4 N–H and O–H groups in total. The molecular formula is C20H37N9O3. The summed E-state index contributed by atoms with van der Waals surface area (Å²) in [6.07, 6.45) is 4.58. The Bertz CT molecular complexity index is 714. The van der Waals surface area contributed by atoms with E-state index < -0.39 is 5.92 Å². The van der Waals surface area contributed by atoms with Crippen molar-refractivity contribution in [2.24, 2.45) is 5.92 Å². The van der Waals surface area contributed by atoms with Crippen LogP contribution in [0.3, 0.4) is 0 Å². The number of hydroxylamine groups is 2. The molecule has 2 amide bonds. The van der Waals surface area contributed by atoms with Gasteiger partial charge < -0.3 is 15.1 Å². The largest absolute Gasteiger partial charge is 0.354 e. The summed E-state index contributed by atoms with van der Waals surface area (Å²) in [6.45, 7) is 8.20. The van der Waals surface area contributed by atoms with Gasteiger partial charge in [-0.15, -0.1) is 0 Å². The fourth-order valence-corrected chi connectivity index (χ4v) is 3.32. The molecule has 2 heterocycles. The van der Waals surface area contributed by atoms with Gasteiger partial charge in [-0.1, -0.05) is 33.1 Å². The van der Waals surface area contributed by atoms with Gasteiger partial charge in [0.25, 0.3) is 0 Å². The van der Waals surface area contributed by atoms with Gasteiger partial charge in [0.15, 0.2) is 0 Å². The van der Waals surface area contributed by atoms with Crippen molar-refractivity contribution in [3.05, 3.63) is 0 Å². The standard InChI is InChI=1S/C20H37N9O3/c1-4-6-7-8-16(14-29(32)15-30)17(31)25-26-19-22-18(21-9-5-2)23-20(24-19)28-12-10-27(3)11-13-28/h15-16,32H,4-14H2,1-3H3,(H,25,31)(H2,21,22,23,24,26)/t16-/m1/s1. The van der Waals surface area contributed by atoms with E-state index in [0.717, 1.165) is 58.4 Å². The van der Waals surface area contributed by atoms with Gasteiger partial charge in [0, 0.05) is 32.7 Å². The lowest BCUT2D eigenvalue weighted by molar-refractivity contribution is -0.154. The number of anilines is 3. The van der Waals surface area contributed by atoms with Crippen molar-refractivity contribution in [3.63, 3.8) is 0 Å². The SMILES string of the molecule is CCCCC[C@H](CN(O)C=O)C(=O)NNc1nc(NCCC)nc(N2CCN(C)CC2)n1. The van der Waals surface area contributed by atoms with Crippen LogP contribution in [0.4, 0.5) is 17.8 Å². The maximum Gasteiger partial charge on any atom is 0.248 e. The molecule has 0 unspecified atom stereocenters. The highest BCUT2D eigenvalue weighted by atomic mass is 16.5. The fourth-order valence-electron chi connectivity index (χ4n) is 3.32. The van der Waals surface area contributed by atoms with E-state index in [0.29, 0.717) is 29.8 Å². The summed E-state index contributed by atoms with van der Waals surface area (Å²) in [5, 5.41) is 13.2. The van der Waals surface area contributed by atoms with Crippen LogP contribution in [0.15, 0.2) is 0 Å². The number of nitrogens with zero attached hydrogens (tertiary/aromatic N) is 6. The lowest BCUT2D eigenvalue weighted by Crippen LogP contribution is -2.45. The topological polar surface area (TPSA) is 139 Å². The van der Waals surface area contributed by atoms with Crippen LogP contribution >= 0.6 is 0 Å². The van der Waals surface area contributed by atoms with Crippen LogP contribution in [0.1, 0.15) is 46.0 Å². The Morgan fingerprint density at radius 1 is 1.12 bits per heavy atom. The summed E-state index contributed by atoms with van der Waals surface area (Å²) in [5.41, 5.74) is 5.41. The molecular weight excluding hydrogens is 414 g/mol. The van der Waals surface area contributed by atoms with Crippen molar-refractivity contribution in [1.82, 2.24) is 30.3 Å². The molecule has 0 spiro atoms. The Labute approximate surface area is 189 Å². The molecule has 2 rings (SSSR count). The molecule has 0 bridgehead atoms. The summed E-state index contributed by atoms with van der Waals surface area (Å²) in [6, 6.07) is 0. The molecule has 0 aliphatic carbocycles. The van der Waals surface area contributed by atoms with E-state index in [-0.39, 0.29) is 18.4 Å². The number of hydrazine groups is 1. The van der Waals surface area contributed by atoms with Gasteiger partial charge in [-0.3, -0.25) is 25.6 Å². The number of hydrogen-bond acceptors (Lipinski definition) is 10. The van der Waals surface area contributed by atoms with Crippen LogP contribution in [0.25, 0.3) is 0 Å². The third-order valence-corrected chi connectivity index (χ3v) is 5.30. The zero-order valence-corrected chi connectivity index (χ0v) is 19.4. The Balaban J connectivity index is 2.08. The van der Waals surface area contributed by atoms with Crippen LogP contribution in [0, 0.1) is 5.92 Å². The molecule has 1 saturated heterocycles. The number of piperazine rings is 1. The number of unbranched alkanes of at least 4 members (excludes halogenated alkanes) is 2. The second-order valence-corrected chi connectivity index (χ2v) is 8.03. The predicted molar refractivity (Wildman–Crippen MR) is 122 cm³/mol. The molecule has 0 aromatic carbocycles. The van der Waals surface area contributed by atoms with E-state index in [1.807, 2.05) is 0 Å². The molecule has 1 aromatic heterocycles. The Kier molecular flexibility index (Phi) is 10.9. The van der Waals surface area contributed by atoms with E-state index in [9.17, 15) is 14.8 Å². The zero-order valence-electron chi connectivity index (χ0n) is 19.4. The first-order chi connectivity index (χ1) is 15.5. The molecule has 0 radical (unpaired) electrons. The molecule has 1 aliphatic rings. The Morgan fingerprint density at radius 2 is 1.84 bits per heavy atom. The van der Waals surface area contributed by atoms with E-state index in [1.54, 1.807) is 0 Å². The first-order valence-electron chi connectivity index (χ1n) is 11.4. The van der Waals surface area contributed by atoms with Crippen molar-refractivity contribution in [1.29, 1.82) is 0 Å². The lowest BCUT2D eigenvalue weighted by Gasteiger charge is -2.32. The van der Waals surface area contributed by atoms with Crippen molar-refractivity contribution in [3.8, 4) is 0 Å². The smallest absolute Gasteiger partial charge is 0.248 e. The molecule has 180 valence electrons. The van der Waals surface area contributed by atoms with Gasteiger partial charge in [0.05, 0.1) is 12.5 Å². The second-order valence-electron chi connectivity index (χ2n) is 8.03. The third kappa shape index (κ3) is 8.42. The predicted octanol–water partition coefficient (Wildman–Crippen LogP) is 0.933. The molecule has 1 aliphatic heterocycles. The highest BCUT2D eigenvalue weighted by Crippen LogP contribution is 2.16. The number of hydrogen-bond donors (Lipinski definition) is 4. The van der Waals surface area contributed by atoms with Crippen LogP contribution < -0.4 is 21.1 Å². The van der Waals surface area contributed by atoms with Gasteiger partial charge >= 0.3 is 0 Å². The number of rotatable bonds is 14. The number of nitrogens with one attached hydrogen (secondary N) is 3. The average molecular weight is 452 g/mol. The number of likely N-dealkylation sites (N-methyl/N-ethyl adjacent to an activating group) is 1. The zero-order chi connectivity index (χ0) is 23.3. The van der Waals surface area contributed by atoms with Crippen molar-refractivity contribution < 1.29 is 14.8 Å². The van der Waals surface area contributed by atoms with E-state index in [4.69, 9.17) is 0 Å². The highest BCUT2D eigenvalue weighted by Gasteiger charge is 2.22. The van der Waals surface area contributed by atoms with E-state index >= 15 is 0 Å². The number of aromatic nitrogens is 3. The average Bonchev–Trinajstić information content (AvgIpc) is 2.80.